The molecule has 0 atom stereocenters. The van der Waals surface area contributed by atoms with Crippen LogP contribution in [0.25, 0.3) is 0 Å². The van der Waals surface area contributed by atoms with Gasteiger partial charge in [-0.3, -0.25) is 4.79 Å². The molecular weight excluding hydrogens is 196 g/mol. The minimum absolute atomic E-state index is 0.0361. The van der Waals surface area contributed by atoms with Crippen LogP contribution in [0.1, 0.15) is 12.6 Å². The third-order valence-corrected chi connectivity index (χ3v) is 1.49. The predicted molar refractivity (Wildman–Crippen MR) is 51.9 cm³/mol. The van der Waals surface area contributed by atoms with Crippen molar-refractivity contribution < 1.29 is 9.53 Å². The molecule has 0 aliphatic carbocycles. The molecule has 1 rings (SSSR count). The van der Waals surface area contributed by atoms with Crippen LogP contribution < -0.4 is 5.32 Å². The SMILES string of the molecule is CCOC(=O)CNc1cnc(C#N)cn1. The zero-order chi connectivity index (χ0) is 11.1. The summed E-state index contributed by atoms with van der Waals surface area (Å²) in [6.45, 7) is 2.12. The van der Waals surface area contributed by atoms with E-state index in [4.69, 9.17) is 10.00 Å². The number of hydrogen-bond donors (Lipinski definition) is 1. The highest BCUT2D eigenvalue weighted by Gasteiger charge is 2.01. The Kier molecular flexibility index (Phi) is 4.04. The molecule has 0 saturated carbocycles. The average Bonchev–Trinajstić information content (AvgIpc) is 2.27. The van der Waals surface area contributed by atoms with Gasteiger partial charge in [0.2, 0.25) is 0 Å². The number of nitriles is 1. The lowest BCUT2D eigenvalue weighted by Crippen LogP contribution is -2.17. The lowest BCUT2D eigenvalue weighted by molar-refractivity contribution is -0.140. The Morgan fingerprint density at radius 3 is 2.93 bits per heavy atom. The standard InChI is InChI=1S/C9H10N4O2/c1-2-15-9(14)6-13-8-5-11-7(3-10)4-12-8/h4-5H,2,6H2,1H3,(H,12,13). The summed E-state index contributed by atoms with van der Waals surface area (Å²) >= 11 is 0. The molecule has 0 radical (unpaired) electrons. The summed E-state index contributed by atoms with van der Waals surface area (Å²) in [5.41, 5.74) is 0.233. The lowest BCUT2D eigenvalue weighted by Gasteiger charge is -2.03. The monoisotopic (exact) mass is 206 g/mol. The van der Waals surface area contributed by atoms with Crippen molar-refractivity contribution in [3.05, 3.63) is 18.1 Å². The number of aromatic nitrogens is 2. The summed E-state index contributed by atoms with van der Waals surface area (Å²) in [5, 5.41) is 11.2. The van der Waals surface area contributed by atoms with Gasteiger partial charge in [0.1, 0.15) is 18.4 Å². The summed E-state index contributed by atoms with van der Waals surface area (Å²) < 4.78 is 4.71. The van der Waals surface area contributed by atoms with Gasteiger partial charge in [-0.2, -0.15) is 5.26 Å². The van der Waals surface area contributed by atoms with E-state index in [0.717, 1.165) is 0 Å². The third kappa shape index (κ3) is 3.60. The molecule has 1 aromatic heterocycles. The summed E-state index contributed by atoms with van der Waals surface area (Å²) in [6, 6.07) is 1.85. The van der Waals surface area contributed by atoms with Crippen LogP contribution in [0.15, 0.2) is 12.4 Å². The van der Waals surface area contributed by atoms with E-state index < -0.39 is 0 Å². The first-order chi connectivity index (χ1) is 7.26. The van der Waals surface area contributed by atoms with E-state index in [2.05, 4.69) is 15.3 Å². The fourth-order valence-electron chi connectivity index (χ4n) is 0.852. The smallest absolute Gasteiger partial charge is 0.325 e. The average molecular weight is 206 g/mol. The van der Waals surface area contributed by atoms with Gasteiger partial charge in [-0.05, 0) is 6.92 Å². The molecule has 1 N–H and O–H groups in total. The third-order valence-electron chi connectivity index (χ3n) is 1.49. The highest BCUT2D eigenvalue weighted by atomic mass is 16.5. The highest BCUT2D eigenvalue weighted by molar-refractivity contribution is 5.74. The normalized spacial score (nSPS) is 9.07. The molecule has 0 aliphatic heterocycles. The molecule has 0 aliphatic rings. The molecule has 1 aromatic rings. The first-order valence-electron chi connectivity index (χ1n) is 4.38. The van der Waals surface area contributed by atoms with Crippen molar-refractivity contribution in [1.29, 1.82) is 5.26 Å². The zero-order valence-electron chi connectivity index (χ0n) is 8.23. The van der Waals surface area contributed by atoms with Crippen LogP contribution in [0.5, 0.6) is 0 Å². The van der Waals surface area contributed by atoms with Crippen molar-refractivity contribution in [2.45, 2.75) is 6.92 Å². The van der Waals surface area contributed by atoms with Gasteiger partial charge >= 0.3 is 5.97 Å². The molecule has 0 unspecified atom stereocenters. The minimum Gasteiger partial charge on any atom is -0.465 e. The highest BCUT2D eigenvalue weighted by Crippen LogP contribution is 1.99. The number of carbonyl (C=O) groups is 1. The maximum atomic E-state index is 11.0. The van der Waals surface area contributed by atoms with E-state index in [9.17, 15) is 4.79 Å². The van der Waals surface area contributed by atoms with E-state index in [-0.39, 0.29) is 18.2 Å². The summed E-state index contributed by atoms with van der Waals surface area (Å²) in [5.74, 6) is 0.0747. The second-order valence-corrected chi connectivity index (χ2v) is 2.56. The van der Waals surface area contributed by atoms with Crippen molar-refractivity contribution in [3.8, 4) is 6.07 Å². The number of nitrogens with one attached hydrogen (secondary N) is 1. The molecule has 78 valence electrons. The van der Waals surface area contributed by atoms with Crippen LogP contribution in [-0.4, -0.2) is 29.1 Å². The van der Waals surface area contributed by atoms with E-state index in [1.54, 1.807) is 6.92 Å². The van der Waals surface area contributed by atoms with E-state index in [1.807, 2.05) is 6.07 Å². The van der Waals surface area contributed by atoms with E-state index >= 15 is 0 Å². The number of ether oxygens (including phenoxy) is 1. The Morgan fingerprint density at radius 2 is 2.40 bits per heavy atom. The van der Waals surface area contributed by atoms with Gasteiger partial charge in [-0.1, -0.05) is 0 Å². The van der Waals surface area contributed by atoms with E-state index in [0.29, 0.717) is 12.4 Å². The molecule has 0 bridgehead atoms. The second-order valence-electron chi connectivity index (χ2n) is 2.56. The van der Waals surface area contributed by atoms with Crippen molar-refractivity contribution in [1.82, 2.24) is 9.97 Å². The first kappa shape index (κ1) is 10.9. The minimum atomic E-state index is -0.358. The molecule has 6 heteroatoms. The molecule has 0 aromatic carbocycles. The number of hydrogen-bond acceptors (Lipinski definition) is 6. The van der Waals surface area contributed by atoms with Gasteiger partial charge in [0.25, 0.3) is 0 Å². The van der Waals surface area contributed by atoms with Crippen molar-refractivity contribution >= 4 is 11.8 Å². The Bertz CT molecular complexity index is 369. The first-order valence-corrected chi connectivity index (χ1v) is 4.38. The molecular formula is C9H10N4O2. The Balaban J connectivity index is 2.45. The van der Waals surface area contributed by atoms with Crippen LogP contribution in [0.3, 0.4) is 0 Å². The van der Waals surface area contributed by atoms with Gasteiger partial charge in [-0.25, -0.2) is 9.97 Å². The van der Waals surface area contributed by atoms with Crippen LogP contribution in [-0.2, 0) is 9.53 Å². The second kappa shape index (κ2) is 5.54. The molecule has 1 heterocycles. The molecule has 0 saturated heterocycles. The lowest BCUT2D eigenvalue weighted by atomic mass is 10.5. The number of rotatable bonds is 4. The Hall–Kier alpha value is -2.16. The largest absolute Gasteiger partial charge is 0.465 e. The topological polar surface area (TPSA) is 87.9 Å². The summed E-state index contributed by atoms with van der Waals surface area (Å²) in [4.78, 5) is 18.6. The van der Waals surface area contributed by atoms with Crippen molar-refractivity contribution in [2.24, 2.45) is 0 Å². The number of anilines is 1. The van der Waals surface area contributed by atoms with Crippen LogP contribution in [0.2, 0.25) is 0 Å². The fourth-order valence-corrected chi connectivity index (χ4v) is 0.852. The predicted octanol–water partition coefficient (Wildman–Crippen LogP) is 0.323. The van der Waals surface area contributed by atoms with Gasteiger partial charge < -0.3 is 10.1 Å². The molecule has 6 nitrogen and oxygen atoms in total. The van der Waals surface area contributed by atoms with Gasteiger partial charge in [0.15, 0.2) is 5.69 Å². The van der Waals surface area contributed by atoms with Crippen molar-refractivity contribution in [2.75, 3.05) is 18.5 Å². The number of nitrogens with zero attached hydrogens (tertiary/aromatic N) is 3. The Labute approximate surface area is 86.9 Å². The molecule has 0 fully saturated rings. The molecule has 0 amide bonds. The van der Waals surface area contributed by atoms with Gasteiger partial charge in [0, 0.05) is 0 Å². The quantitative estimate of drug-likeness (QED) is 0.714. The van der Waals surface area contributed by atoms with Crippen LogP contribution >= 0.6 is 0 Å². The Morgan fingerprint density at radius 1 is 1.60 bits per heavy atom. The number of carbonyl (C=O) groups excluding carboxylic acids is 1. The zero-order valence-corrected chi connectivity index (χ0v) is 8.23. The fraction of sp³-hybridized carbons (Fsp3) is 0.333. The maximum absolute atomic E-state index is 11.0. The van der Waals surface area contributed by atoms with Crippen LogP contribution in [0.4, 0.5) is 5.82 Å². The van der Waals surface area contributed by atoms with Gasteiger partial charge in [0.05, 0.1) is 19.0 Å². The summed E-state index contributed by atoms with van der Waals surface area (Å²) in [6.07, 6.45) is 2.71. The van der Waals surface area contributed by atoms with Crippen LogP contribution in [0, 0.1) is 11.3 Å². The maximum Gasteiger partial charge on any atom is 0.325 e. The van der Waals surface area contributed by atoms with Crippen molar-refractivity contribution in [3.63, 3.8) is 0 Å². The molecule has 0 spiro atoms. The van der Waals surface area contributed by atoms with Gasteiger partial charge in [-0.15, -0.1) is 0 Å². The number of esters is 1. The molecule has 15 heavy (non-hydrogen) atoms. The van der Waals surface area contributed by atoms with E-state index in [1.165, 1.54) is 12.4 Å². The summed E-state index contributed by atoms with van der Waals surface area (Å²) in [7, 11) is 0.